The van der Waals surface area contributed by atoms with Gasteiger partial charge in [0.1, 0.15) is 5.60 Å². The van der Waals surface area contributed by atoms with E-state index in [2.05, 4.69) is 27.7 Å². The maximum atomic E-state index is 11.7. The van der Waals surface area contributed by atoms with Crippen LogP contribution >= 0.6 is 0 Å². The van der Waals surface area contributed by atoms with Crippen molar-refractivity contribution < 1.29 is 42.2 Å². The average molecular weight is 302 g/mol. The van der Waals surface area contributed by atoms with E-state index in [1.165, 1.54) is 0 Å². The Labute approximate surface area is 126 Å². The molecule has 0 aliphatic heterocycles. The smallest absolute Gasteiger partial charge is 0.170 e. The standard InChI is InChI=1S/C13H25O2.Y/c1-8-11(6)12(14)15-13(7,9(2)3)10(4)5;/h9-10H,8H2,1-7H3;/q-1;. The van der Waals surface area contributed by atoms with E-state index in [1.54, 1.807) is 0 Å². The van der Waals surface area contributed by atoms with Crippen molar-refractivity contribution in [1.29, 1.82) is 0 Å². The Kier molecular flexibility index (Phi) is 9.06. The molecule has 2 nitrogen and oxygen atoms in total. The maximum Gasteiger partial charge on any atom is 0.170 e. The van der Waals surface area contributed by atoms with Crippen molar-refractivity contribution >= 4 is 5.97 Å². The van der Waals surface area contributed by atoms with E-state index in [0.717, 1.165) is 12.3 Å². The first-order chi connectivity index (χ1) is 6.75. The summed E-state index contributed by atoms with van der Waals surface area (Å²) in [6.45, 7) is 14.2. The molecule has 0 atom stereocenters. The van der Waals surface area contributed by atoms with E-state index in [-0.39, 0.29) is 44.3 Å². The van der Waals surface area contributed by atoms with E-state index in [1.807, 2.05) is 20.8 Å². The minimum Gasteiger partial charge on any atom is -0.481 e. The van der Waals surface area contributed by atoms with E-state index in [9.17, 15) is 4.79 Å². The number of ether oxygens (including phenoxy) is 1. The van der Waals surface area contributed by atoms with Gasteiger partial charge in [-0.3, -0.25) is 10.7 Å². The molecule has 0 amide bonds. The Hall–Kier alpha value is 0.444. The van der Waals surface area contributed by atoms with Crippen LogP contribution < -0.4 is 0 Å². The van der Waals surface area contributed by atoms with Gasteiger partial charge >= 0.3 is 0 Å². The van der Waals surface area contributed by atoms with Gasteiger partial charge in [-0.2, -0.15) is 13.3 Å². The largest absolute Gasteiger partial charge is 0.481 e. The van der Waals surface area contributed by atoms with Crippen molar-refractivity contribution in [2.24, 2.45) is 11.8 Å². The number of esters is 1. The second-order valence-electron chi connectivity index (χ2n) is 5.02. The summed E-state index contributed by atoms with van der Waals surface area (Å²) in [5.74, 6) is 1.29. The summed E-state index contributed by atoms with van der Waals surface area (Å²) >= 11 is 0. The molecule has 0 fully saturated rings. The third kappa shape index (κ3) is 4.75. The Morgan fingerprint density at radius 1 is 1.25 bits per heavy atom. The van der Waals surface area contributed by atoms with Crippen LogP contribution in [0.3, 0.4) is 0 Å². The molecule has 0 unspecified atom stereocenters. The molecule has 0 saturated heterocycles. The van der Waals surface area contributed by atoms with Crippen molar-refractivity contribution in [3.63, 3.8) is 0 Å². The van der Waals surface area contributed by atoms with Gasteiger partial charge in [-0.1, -0.05) is 34.6 Å². The molecule has 0 bridgehead atoms. The molecule has 0 aliphatic carbocycles. The molecular formula is C13H25O2Y-. The zero-order chi connectivity index (χ0) is 12.2. The summed E-state index contributed by atoms with van der Waals surface area (Å²) in [4.78, 5) is 11.7. The third-order valence-electron chi connectivity index (χ3n) is 3.48. The van der Waals surface area contributed by atoms with Crippen molar-refractivity contribution in [2.75, 3.05) is 0 Å². The van der Waals surface area contributed by atoms with E-state index in [0.29, 0.717) is 11.8 Å². The second kappa shape index (κ2) is 7.71. The summed E-state index contributed by atoms with van der Waals surface area (Å²) < 4.78 is 5.64. The van der Waals surface area contributed by atoms with Crippen LogP contribution in [0, 0.1) is 17.8 Å². The van der Waals surface area contributed by atoms with Crippen LogP contribution in [0.1, 0.15) is 54.9 Å². The molecule has 1 radical (unpaired) electrons. The monoisotopic (exact) mass is 302 g/mol. The molecule has 0 aliphatic rings. The second-order valence-corrected chi connectivity index (χ2v) is 5.02. The van der Waals surface area contributed by atoms with Crippen LogP contribution in [-0.4, -0.2) is 11.6 Å². The fraction of sp³-hybridized carbons (Fsp3) is 0.846. The van der Waals surface area contributed by atoms with Crippen LogP contribution in [0.25, 0.3) is 0 Å². The Balaban J connectivity index is 0. The van der Waals surface area contributed by atoms with Gasteiger partial charge in [-0.15, -0.1) is 0 Å². The molecular weight excluding hydrogens is 277 g/mol. The molecule has 0 aromatic carbocycles. The molecule has 16 heavy (non-hydrogen) atoms. The van der Waals surface area contributed by atoms with Crippen molar-refractivity contribution in [2.45, 2.75) is 60.5 Å². The first-order valence-electron chi connectivity index (χ1n) is 5.81. The zero-order valence-corrected chi connectivity index (χ0v) is 14.6. The van der Waals surface area contributed by atoms with Crippen LogP contribution in [0.4, 0.5) is 0 Å². The number of rotatable bonds is 5. The van der Waals surface area contributed by atoms with Crippen molar-refractivity contribution in [1.82, 2.24) is 0 Å². The van der Waals surface area contributed by atoms with Gasteiger partial charge in [0, 0.05) is 32.7 Å². The van der Waals surface area contributed by atoms with Crippen LogP contribution in [0.15, 0.2) is 0 Å². The Morgan fingerprint density at radius 3 is 1.88 bits per heavy atom. The predicted octanol–water partition coefficient (Wildman–Crippen LogP) is 3.60. The number of hydrogen-bond acceptors (Lipinski definition) is 2. The van der Waals surface area contributed by atoms with Gasteiger partial charge in [0.2, 0.25) is 0 Å². The Morgan fingerprint density at radius 2 is 1.62 bits per heavy atom. The molecule has 0 N–H and O–H groups in total. The van der Waals surface area contributed by atoms with Gasteiger partial charge in [-0.25, -0.2) is 0 Å². The molecule has 0 aromatic rings. The number of carbonyl (C=O) groups is 1. The molecule has 93 valence electrons. The Bertz CT molecular complexity index is 204. The van der Waals surface area contributed by atoms with Crippen LogP contribution in [0.5, 0.6) is 0 Å². The van der Waals surface area contributed by atoms with Crippen molar-refractivity contribution in [3.05, 3.63) is 5.92 Å². The van der Waals surface area contributed by atoms with E-state index in [4.69, 9.17) is 4.74 Å². The summed E-state index contributed by atoms with van der Waals surface area (Å²) in [6.07, 6.45) is 0.755. The summed E-state index contributed by atoms with van der Waals surface area (Å²) in [6, 6.07) is 0. The zero-order valence-electron chi connectivity index (χ0n) is 11.8. The summed E-state index contributed by atoms with van der Waals surface area (Å²) in [7, 11) is 0. The van der Waals surface area contributed by atoms with Crippen LogP contribution in [0.2, 0.25) is 0 Å². The van der Waals surface area contributed by atoms with Gasteiger partial charge < -0.3 is 4.74 Å². The minimum absolute atomic E-state index is 0. The van der Waals surface area contributed by atoms with Gasteiger partial charge in [0.25, 0.3) is 0 Å². The van der Waals surface area contributed by atoms with Gasteiger partial charge in [-0.05, 0) is 18.8 Å². The fourth-order valence-corrected chi connectivity index (χ4v) is 1.33. The molecule has 3 heteroatoms. The summed E-state index contributed by atoms with van der Waals surface area (Å²) in [5, 5.41) is 0. The first-order valence-corrected chi connectivity index (χ1v) is 5.81. The first kappa shape index (κ1) is 18.8. The van der Waals surface area contributed by atoms with E-state index >= 15 is 0 Å². The average Bonchev–Trinajstić information content (AvgIpc) is 2.15. The molecule has 0 saturated carbocycles. The normalized spacial score (nSPS) is 11.3. The molecule has 0 heterocycles. The predicted molar refractivity (Wildman–Crippen MR) is 63.4 cm³/mol. The summed E-state index contributed by atoms with van der Waals surface area (Å²) in [5.41, 5.74) is -0.368. The molecule has 0 rings (SSSR count). The number of hydrogen-bond donors (Lipinski definition) is 0. The third-order valence-corrected chi connectivity index (χ3v) is 3.48. The van der Waals surface area contributed by atoms with Gasteiger partial charge in [0.15, 0.2) is 5.97 Å². The SMILES string of the molecule is CC[C-](C)C(=O)OC(C)(C(C)C)C(C)C.[Y]. The quantitative estimate of drug-likeness (QED) is 0.573. The van der Waals surface area contributed by atoms with Crippen molar-refractivity contribution in [3.8, 4) is 0 Å². The van der Waals surface area contributed by atoms with E-state index < -0.39 is 0 Å². The minimum atomic E-state index is -0.368. The fourth-order valence-electron chi connectivity index (χ4n) is 1.33. The van der Waals surface area contributed by atoms with Crippen LogP contribution in [-0.2, 0) is 42.2 Å². The number of carbonyl (C=O) groups excluding carboxylic acids is 1. The van der Waals surface area contributed by atoms with Gasteiger partial charge in [0.05, 0.1) is 0 Å². The maximum absolute atomic E-state index is 11.7. The molecule has 0 aromatic heterocycles. The topological polar surface area (TPSA) is 26.3 Å². The molecule has 0 spiro atoms.